The molecule has 8 heteroatoms. The Morgan fingerprint density at radius 2 is 1.43 bits per heavy atom. The molecule has 3 rings (SSSR count). The van der Waals surface area contributed by atoms with Gasteiger partial charge in [0.1, 0.15) is 11.9 Å². The van der Waals surface area contributed by atoms with Crippen molar-refractivity contribution in [2.24, 2.45) is 0 Å². The van der Waals surface area contributed by atoms with Crippen LogP contribution in [0.25, 0.3) is 0 Å². The van der Waals surface area contributed by atoms with E-state index in [4.69, 9.17) is 0 Å². The Labute approximate surface area is 161 Å². The van der Waals surface area contributed by atoms with Crippen molar-refractivity contribution in [1.82, 2.24) is 4.90 Å². The lowest BCUT2D eigenvalue weighted by Crippen LogP contribution is -2.45. The van der Waals surface area contributed by atoms with Gasteiger partial charge in [0, 0.05) is 30.5 Å². The number of hydrogen-bond acceptors (Lipinski definition) is 3. The molecule has 0 aromatic heterocycles. The van der Waals surface area contributed by atoms with Crippen molar-refractivity contribution in [3.63, 3.8) is 0 Å². The molecule has 1 aliphatic heterocycles. The number of benzene rings is 2. The van der Waals surface area contributed by atoms with E-state index in [1.54, 1.807) is 24.3 Å². The molecule has 1 aliphatic rings. The van der Waals surface area contributed by atoms with Gasteiger partial charge in [-0.05, 0) is 61.4 Å². The third-order valence-corrected chi connectivity index (χ3v) is 4.38. The molecule has 1 heterocycles. The largest absolute Gasteiger partial charge is 0.326 e. The number of halogens is 1. The Morgan fingerprint density at radius 1 is 0.893 bits per heavy atom. The molecule has 2 aromatic carbocycles. The Bertz CT molecular complexity index is 868. The average molecular weight is 384 g/mol. The molecule has 0 unspecified atom stereocenters. The Kier molecular flexibility index (Phi) is 5.88. The van der Waals surface area contributed by atoms with Crippen molar-refractivity contribution in [2.45, 2.75) is 25.8 Å². The van der Waals surface area contributed by atoms with E-state index in [2.05, 4.69) is 16.0 Å². The monoisotopic (exact) mass is 384 g/mol. The van der Waals surface area contributed by atoms with Crippen LogP contribution >= 0.6 is 0 Å². The van der Waals surface area contributed by atoms with Gasteiger partial charge in [-0.3, -0.25) is 9.59 Å². The highest BCUT2D eigenvalue weighted by molar-refractivity contribution is 5.99. The SMILES string of the molecule is CC(=O)Nc1ccc(NC(=O)[C@@H]2CCCN2C(=O)Nc2ccc(F)cc2)cc1. The lowest BCUT2D eigenvalue weighted by Gasteiger charge is -2.24. The molecule has 146 valence electrons. The standard InChI is InChI=1S/C20H21FN4O3/c1-13(26)22-15-8-10-16(11-9-15)23-19(27)18-3-2-12-25(18)20(28)24-17-6-4-14(21)5-7-17/h4-11,18H,2-3,12H2,1H3,(H,22,26)(H,23,27)(H,24,28)/t18-/m0/s1. The van der Waals surface area contributed by atoms with Crippen molar-refractivity contribution in [3.8, 4) is 0 Å². The van der Waals surface area contributed by atoms with Crippen LogP contribution in [0, 0.1) is 5.82 Å². The predicted molar refractivity (Wildman–Crippen MR) is 105 cm³/mol. The van der Waals surface area contributed by atoms with Gasteiger partial charge in [0.2, 0.25) is 11.8 Å². The fraction of sp³-hybridized carbons (Fsp3) is 0.250. The summed E-state index contributed by atoms with van der Waals surface area (Å²) in [5.74, 6) is -0.842. The minimum atomic E-state index is -0.588. The first-order valence-electron chi connectivity index (χ1n) is 8.94. The molecular weight excluding hydrogens is 363 g/mol. The topological polar surface area (TPSA) is 90.5 Å². The quantitative estimate of drug-likeness (QED) is 0.754. The van der Waals surface area contributed by atoms with E-state index >= 15 is 0 Å². The number of amides is 4. The Balaban J connectivity index is 1.61. The molecule has 2 aromatic rings. The molecule has 28 heavy (non-hydrogen) atoms. The number of carbonyl (C=O) groups is 3. The van der Waals surface area contributed by atoms with Gasteiger partial charge in [-0.25, -0.2) is 9.18 Å². The zero-order chi connectivity index (χ0) is 20.1. The van der Waals surface area contributed by atoms with E-state index < -0.39 is 12.1 Å². The van der Waals surface area contributed by atoms with E-state index in [0.29, 0.717) is 30.0 Å². The lowest BCUT2D eigenvalue weighted by molar-refractivity contribution is -0.119. The fourth-order valence-electron chi connectivity index (χ4n) is 3.08. The third-order valence-electron chi connectivity index (χ3n) is 4.38. The summed E-state index contributed by atoms with van der Waals surface area (Å²) in [5, 5.41) is 8.14. The zero-order valence-electron chi connectivity index (χ0n) is 15.4. The lowest BCUT2D eigenvalue weighted by atomic mass is 10.2. The molecule has 4 amide bonds. The molecule has 3 N–H and O–H groups in total. The molecule has 0 bridgehead atoms. The van der Waals surface area contributed by atoms with Crippen molar-refractivity contribution in [2.75, 3.05) is 22.5 Å². The minimum absolute atomic E-state index is 0.175. The molecule has 1 fully saturated rings. The van der Waals surface area contributed by atoms with E-state index in [-0.39, 0.29) is 17.6 Å². The maximum Gasteiger partial charge on any atom is 0.322 e. The van der Waals surface area contributed by atoms with Crippen LogP contribution in [0.4, 0.5) is 26.2 Å². The second-order valence-corrected chi connectivity index (χ2v) is 6.54. The number of nitrogens with zero attached hydrogens (tertiary/aromatic N) is 1. The smallest absolute Gasteiger partial charge is 0.322 e. The first-order chi connectivity index (χ1) is 13.4. The summed E-state index contributed by atoms with van der Waals surface area (Å²) in [6, 6.07) is 11.2. The molecule has 0 saturated carbocycles. The summed E-state index contributed by atoms with van der Waals surface area (Å²) in [7, 11) is 0. The highest BCUT2D eigenvalue weighted by atomic mass is 19.1. The molecular formula is C20H21FN4O3. The van der Waals surface area contributed by atoms with E-state index in [1.807, 2.05) is 0 Å². The number of hydrogen-bond donors (Lipinski definition) is 3. The second kappa shape index (κ2) is 8.51. The summed E-state index contributed by atoms with van der Waals surface area (Å²) >= 11 is 0. The van der Waals surface area contributed by atoms with Crippen LogP contribution in [-0.2, 0) is 9.59 Å². The minimum Gasteiger partial charge on any atom is -0.326 e. The summed E-state index contributed by atoms with van der Waals surface area (Å²) in [6.07, 6.45) is 1.28. The molecule has 0 spiro atoms. The number of nitrogens with one attached hydrogen (secondary N) is 3. The maximum atomic E-state index is 13.0. The molecule has 1 saturated heterocycles. The van der Waals surface area contributed by atoms with Crippen LogP contribution < -0.4 is 16.0 Å². The van der Waals surface area contributed by atoms with Gasteiger partial charge in [-0.2, -0.15) is 0 Å². The fourth-order valence-corrected chi connectivity index (χ4v) is 3.08. The van der Waals surface area contributed by atoms with Crippen molar-refractivity contribution >= 4 is 34.9 Å². The van der Waals surface area contributed by atoms with Crippen LogP contribution in [0.1, 0.15) is 19.8 Å². The van der Waals surface area contributed by atoms with E-state index in [9.17, 15) is 18.8 Å². The van der Waals surface area contributed by atoms with Crippen molar-refractivity contribution in [3.05, 3.63) is 54.3 Å². The number of carbonyl (C=O) groups excluding carboxylic acids is 3. The highest BCUT2D eigenvalue weighted by Crippen LogP contribution is 2.21. The van der Waals surface area contributed by atoms with Gasteiger partial charge < -0.3 is 20.9 Å². The third kappa shape index (κ3) is 4.85. The maximum absolute atomic E-state index is 13.0. The average Bonchev–Trinajstić information content (AvgIpc) is 3.15. The summed E-state index contributed by atoms with van der Waals surface area (Å²) < 4.78 is 13.0. The summed E-state index contributed by atoms with van der Waals surface area (Å²) in [5.41, 5.74) is 1.67. The highest BCUT2D eigenvalue weighted by Gasteiger charge is 2.34. The van der Waals surface area contributed by atoms with Gasteiger partial charge >= 0.3 is 6.03 Å². The summed E-state index contributed by atoms with van der Waals surface area (Å²) in [4.78, 5) is 37.7. The number of rotatable bonds is 4. The van der Waals surface area contributed by atoms with Crippen LogP contribution in [0.5, 0.6) is 0 Å². The molecule has 1 atom stereocenters. The van der Waals surface area contributed by atoms with Gasteiger partial charge in [-0.15, -0.1) is 0 Å². The van der Waals surface area contributed by atoms with Gasteiger partial charge in [0.25, 0.3) is 0 Å². The van der Waals surface area contributed by atoms with Crippen LogP contribution in [0.3, 0.4) is 0 Å². The number of likely N-dealkylation sites (tertiary alicyclic amines) is 1. The normalized spacial score (nSPS) is 15.8. The van der Waals surface area contributed by atoms with E-state index in [0.717, 1.165) is 6.42 Å². The van der Waals surface area contributed by atoms with Gasteiger partial charge in [0.05, 0.1) is 0 Å². The summed E-state index contributed by atoms with van der Waals surface area (Å²) in [6.45, 7) is 1.88. The first-order valence-corrected chi connectivity index (χ1v) is 8.94. The molecule has 7 nitrogen and oxygen atoms in total. The van der Waals surface area contributed by atoms with Crippen LogP contribution in [0.2, 0.25) is 0 Å². The van der Waals surface area contributed by atoms with Gasteiger partial charge in [-0.1, -0.05) is 0 Å². The second-order valence-electron chi connectivity index (χ2n) is 6.54. The number of anilines is 3. The predicted octanol–water partition coefficient (Wildman–Crippen LogP) is 3.42. The molecule has 0 radical (unpaired) electrons. The Hall–Kier alpha value is -3.42. The van der Waals surface area contributed by atoms with Gasteiger partial charge in [0.15, 0.2) is 0 Å². The number of urea groups is 1. The zero-order valence-corrected chi connectivity index (χ0v) is 15.4. The first kappa shape index (κ1) is 19.3. The molecule has 0 aliphatic carbocycles. The Morgan fingerprint density at radius 3 is 2.04 bits per heavy atom. The van der Waals surface area contributed by atoms with Crippen LogP contribution in [0.15, 0.2) is 48.5 Å². The van der Waals surface area contributed by atoms with E-state index in [1.165, 1.54) is 36.1 Å². The van der Waals surface area contributed by atoms with Crippen molar-refractivity contribution < 1.29 is 18.8 Å². The van der Waals surface area contributed by atoms with Crippen molar-refractivity contribution in [1.29, 1.82) is 0 Å². The van der Waals surface area contributed by atoms with Crippen LogP contribution in [-0.4, -0.2) is 35.3 Å².